The molecule has 0 radical (unpaired) electrons. The number of benzene rings is 1. The highest BCUT2D eigenvalue weighted by molar-refractivity contribution is 5.82. The number of methoxy groups -OCH3 is 1. The van der Waals surface area contributed by atoms with Crippen molar-refractivity contribution in [3.63, 3.8) is 0 Å². The molecule has 2 fully saturated rings. The Labute approximate surface area is 236 Å². The fourth-order valence-electron chi connectivity index (χ4n) is 4.95. The zero-order valence-corrected chi connectivity index (χ0v) is 24.9. The van der Waals surface area contributed by atoms with Gasteiger partial charge in [0, 0.05) is 56.5 Å². The van der Waals surface area contributed by atoms with Crippen molar-refractivity contribution in [3.05, 3.63) is 53.7 Å². The highest BCUT2D eigenvalue weighted by Crippen LogP contribution is 2.38. The number of hydrogen-bond acceptors (Lipinski definition) is 8. The van der Waals surface area contributed by atoms with Crippen LogP contribution in [0.3, 0.4) is 0 Å². The number of fused-ring (bicyclic) bond motifs is 1. The minimum atomic E-state index is 0.439. The number of piperazine rings is 1. The van der Waals surface area contributed by atoms with Crippen LogP contribution in [0.4, 0.5) is 11.5 Å². The molecule has 2 saturated heterocycles. The standard InChI is InChI=1S/C22H27N5O.C5H11N.C2H3N.C2H6/c1-5-16-7-6-8-19(20(16)15(2)3)27-13-17-18(14-27)24-22(28-4)25-21(17)26-11-9-23-10-12-26;1-6-4-2-3-5-6;1-2-3;1-2/h5-8,23H,1-2,9-14H2,3-4H3;2-5H2,1H3;1H3;1-2H3. The van der Waals surface area contributed by atoms with Crippen LogP contribution in [0.2, 0.25) is 0 Å². The quantitative estimate of drug-likeness (QED) is 0.550. The van der Waals surface area contributed by atoms with Gasteiger partial charge >= 0.3 is 6.01 Å². The van der Waals surface area contributed by atoms with Crippen LogP contribution < -0.4 is 19.9 Å². The first-order valence-electron chi connectivity index (χ1n) is 14.0. The number of allylic oxidation sites excluding steroid dienone is 1. The predicted octanol–water partition coefficient (Wildman–Crippen LogP) is 5.36. The minimum Gasteiger partial charge on any atom is -0.467 e. The Morgan fingerprint density at radius 1 is 1.08 bits per heavy atom. The van der Waals surface area contributed by atoms with Crippen molar-refractivity contribution in [1.82, 2.24) is 20.2 Å². The molecule has 1 aromatic carbocycles. The molecule has 39 heavy (non-hydrogen) atoms. The van der Waals surface area contributed by atoms with Crippen LogP contribution in [-0.2, 0) is 13.1 Å². The van der Waals surface area contributed by atoms with E-state index in [4.69, 9.17) is 15.0 Å². The van der Waals surface area contributed by atoms with Crippen molar-refractivity contribution in [2.24, 2.45) is 0 Å². The number of rotatable bonds is 5. The summed E-state index contributed by atoms with van der Waals surface area (Å²) in [5.41, 5.74) is 6.68. The number of nitrogens with zero attached hydrogens (tertiary/aromatic N) is 6. The molecule has 0 aliphatic carbocycles. The molecule has 8 nitrogen and oxygen atoms in total. The van der Waals surface area contributed by atoms with Gasteiger partial charge in [0.25, 0.3) is 0 Å². The van der Waals surface area contributed by atoms with E-state index in [0.29, 0.717) is 6.01 Å². The van der Waals surface area contributed by atoms with E-state index in [1.165, 1.54) is 38.4 Å². The molecule has 0 unspecified atom stereocenters. The number of hydrogen-bond donors (Lipinski definition) is 1. The molecule has 0 amide bonds. The lowest BCUT2D eigenvalue weighted by Crippen LogP contribution is -2.44. The first-order chi connectivity index (χ1) is 18.9. The van der Waals surface area contributed by atoms with E-state index >= 15 is 0 Å². The maximum absolute atomic E-state index is 7.32. The van der Waals surface area contributed by atoms with Crippen LogP contribution >= 0.6 is 0 Å². The van der Waals surface area contributed by atoms with E-state index in [9.17, 15) is 0 Å². The largest absolute Gasteiger partial charge is 0.467 e. The molecule has 8 heteroatoms. The van der Waals surface area contributed by atoms with E-state index in [-0.39, 0.29) is 0 Å². The van der Waals surface area contributed by atoms with E-state index in [2.05, 4.69) is 63.4 Å². The van der Waals surface area contributed by atoms with Crippen LogP contribution in [0.5, 0.6) is 6.01 Å². The van der Waals surface area contributed by atoms with Crippen LogP contribution in [0.25, 0.3) is 11.6 Å². The third-order valence-corrected chi connectivity index (χ3v) is 6.73. The molecular weight excluding hydrogens is 486 g/mol. The van der Waals surface area contributed by atoms with E-state index in [1.54, 1.807) is 13.2 Å². The maximum atomic E-state index is 7.32. The molecule has 0 bridgehead atoms. The van der Waals surface area contributed by atoms with Gasteiger partial charge in [0.1, 0.15) is 5.82 Å². The number of nitriles is 1. The van der Waals surface area contributed by atoms with Gasteiger partial charge in [-0.1, -0.05) is 45.2 Å². The average molecular weight is 534 g/mol. The average Bonchev–Trinajstić information content (AvgIpc) is 3.63. The van der Waals surface area contributed by atoms with Gasteiger partial charge in [0.15, 0.2) is 0 Å². The first-order valence-corrected chi connectivity index (χ1v) is 14.0. The smallest absolute Gasteiger partial charge is 0.318 e. The Balaban J connectivity index is 0.000000411. The van der Waals surface area contributed by atoms with Crippen molar-refractivity contribution in [2.75, 3.05) is 63.2 Å². The minimum absolute atomic E-state index is 0.439. The maximum Gasteiger partial charge on any atom is 0.318 e. The van der Waals surface area contributed by atoms with Gasteiger partial charge in [-0.3, -0.25) is 0 Å². The normalized spacial score (nSPS) is 15.8. The highest BCUT2D eigenvalue weighted by atomic mass is 16.5. The molecule has 2 aromatic rings. The predicted molar refractivity (Wildman–Crippen MR) is 164 cm³/mol. The van der Waals surface area contributed by atoms with Gasteiger partial charge in [0.05, 0.1) is 25.4 Å². The Morgan fingerprint density at radius 3 is 2.23 bits per heavy atom. The van der Waals surface area contributed by atoms with Crippen LogP contribution in [0, 0.1) is 11.3 Å². The summed E-state index contributed by atoms with van der Waals surface area (Å²) in [7, 11) is 3.80. The summed E-state index contributed by atoms with van der Waals surface area (Å²) in [4.78, 5) is 16.4. The molecule has 4 heterocycles. The van der Waals surface area contributed by atoms with Gasteiger partial charge < -0.3 is 24.8 Å². The molecule has 1 aromatic heterocycles. The summed E-state index contributed by atoms with van der Waals surface area (Å²) in [6.45, 7) is 23.6. The summed E-state index contributed by atoms with van der Waals surface area (Å²) in [6, 6.07) is 8.50. The monoisotopic (exact) mass is 533 g/mol. The highest BCUT2D eigenvalue weighted by Gasteiger charge is 2.30. The Kier molecular flexibility index (Phi) is 13.5. The van der Waals surface area contributed by atoms with Gasteiger partial charge in [-0.15, -0.1) is 0 Å². The second-order valence-corrected chi connectivity index (χ2v) is 9.51. The van der Waals surface area contributed by atoms with Gasteiger partial charge in [0.2, 0.25) is 0 Å². The van der Waals surface area contributed by atoms with Crippen molar-refractivity contribution in [3.8, 4) is 12.1 Å². The molecule has 0 spiro atoms. The first kappa shape index (κ1) is 31.8. The fourth-order valence-corrected chi connectivity index (χ4v) is 4.95. The molecule has 3 aliphatic heterocycles. The van der Waals surface area contributed by atoms with Crippen LogP contribution in [0.15, 0.2) is 31.4 Å². The Bertz CT molecular complexity index is 1110. The topological polar surface area (TPSA) is 80.5 Å². The molecule has 3 aliphatic rings. The number of nitrogens with one attached hydrogen (secondary N) is 1. The molecular formula is C31H47N7O. The van der Waals surface area contributed by atoms with Gasteiger partial charge in [-0.2, -0.15) is 15.2 Å². The number of ether oxygens (including phenoxy) is 1. The lowest BCUT2D eigenvalue weighted by Gasteiger charge is -2.30. The molecule has 0 saturated carbocycles. The Morgan fingerprint density at radius 2 is 1.72 bits per heavy atom. The second kappa shape index (κ2) is 16.5. The SMILES string of the molecule is C=Cc1cccc(N2Cc3nc(OC)nc(N4CCNCC4)c3C2)c1C(=C)C.CC.CC#N.CN1CCCC1. The van der Waals surface area contributed by atoms with Crippen molar-refractivity contribution >= 4 is 23.2 Å². The lowest BCUT2D eigenvalue weighted by atomic mass is 9.99. The summed E-state index contributed by atoms with van der Waals surface area (Å²) in [5, 5.41) is 10.7. The number of likely N-dealkylation sites (tertiary alicyclic amines) is 1. The van der Waals surface area contributed by atoms with E-state index in [1.807, 2.05) is 26.8 Å². The molecule has 5 rings (SSSR count). The van der Waals surface area contributed by atoms with Crippen molar-refractivity contribution < 1.29 is 4.74 Å². The summed E-state index contributed by atoms with van der Waals surface area (Å²) in [5.74, 6) is 1.00. The summed E-state index contributed by atoms with van der Waals surface area (Å²) in [6.07, 6.45) is 4.72. The van der Waals surface area contributed by atoms with E-state index in [0.717, 1.165) is 73.2 Å². The van der Waals surface area contributed by atoms with Gasteiger partial charge in [-0.25, -0.2) is 0 Å². The zero-order chi connectivity index (χ0) is 28.8. The Hall–Kier alpha value is -3.41. The third kappa shape index (κ3) is 8.54. The van der Waals surface area contributed by atoms with Crippen molar-refractivity contribution in [1.29, 1.82) is 5.26 Å². The summed E-state index contributed by atoms with van der Waals surface area (Å²) < 4.78 is 5.40. The van der Waals surface area contributed by atoms with Gasteiger partial charge in [-0.05, 0) is 57.1 Å². The van der Waals surface area contributed by atoms with Crippen LogP contribution in [-0.4, -0.2) is 68.3 Å². The molecule has 1 N–H and O–H groups in total. The number of anilines is 2. The lowest BCUT2D eigenvalue weighted by molar-refractivity contribution is 0.377. The molecule has 0 atom stereocenters. The second-order valence-electron chi connectivity index (χ2n) is 9.51. The third-order valence-electron chi connectivity index (χ3n) is 6.73. The van der Waals surface area contributed by atoms with Crippen molar-refractivity contribution in [2.45, 2.75) is 53.6 Å². The zero-order valence-electron chi connectivity index (χ0n) is 24.9. The fraction of sp³-hybridized carbons (Fsp3) is 0.516. The van der Waals surface area contributed by atoms with E-state index < -0.39 is 0 Å². The van der Waals surface area contributed by atoms with Crippen LogP contribution in [0.1, 0.15) is 62.9 Å². The summed E-state index contributed by atoms with van der Waals surface area (Å²) >= 11 is 0. The molecule has 212 valence electrons. The number of aromatic nitrogens is 2.